The number of benzene rings is 1. The summed E-state index contributed by atoms with van der Waals surface area (Å²) in [6.45, 7) is 0. The number of carboxylic acid groups (broad SMARTS) is 1. The Morgan fingerprint density at radius 3 is 2.40 bits per heavy atom. The van der Waals surface area contributed by atoms with Crippen LogP contribution in [0.2, 0.25) is 0 Å². The first-order valence-corrected chi connectivity index (χ1v) is 4.57. The number of carbonyl (C=O) groups is 1. The molecule has 0 bridgehead atoms. The van der Waals surface area contributed by atoms with Gasteiger partial charge in [-0.1, -0.05) is 0 Å². The number of nitrogens with one attached hydrogen (secondary N) is 1. The Bertz CT molecular complexity index is 357. The number of hydrogen-bond acceptors (Lipinski definition) is 3. The standard InChI is InChI=1S/C11H13NO3/c1-15-9-4-2-8(3-5-9)10(12)6-7-11(13)14/h2-5,12H,6-7H2,1H3,(H,13,14). The number of rotatable bonds is 5. The Hall–Kier alpha value is -1.84. The molecule has 0 aliphatic rings. The van der Waals surface area contributed by atoms with E-state index in [2.05, 4.69) is 0 Å². The smallest absolute Gasteiger partial charge is 0.303 e. The predicted octanol–water partition coefficient (Wildman–Crippen LogP) is 1.93. The summed E-state index contributed by atoms with van der Waals surface area (Å²) in [5.41, 5.74) is 1.07. The van der Waals surface area contributed by atoms with E-state index in [4.69, 9.17) is 15.3 Å². The third-order valence-electron chi connectivity index (χ3n) is 2.03. The maximum Gasteiger partial charge on any atom is 0.303 e. The highest BCUT2D eigenvalue weighted by molar-refractivity contribution is 5.99. The second-order valence-electron chi connectivity index (χ2n) is 3.10. The lowest BCUT2D eigenvalue weighted by atomic mass is 10.1. The van der Waals surface area contributed by atoms with Crippen LogP contribution in [0.15, 0.2) is 24.3 Å². The number of ether oxygens (including phenoxy) is 1. The fourth-order valence-corrected chi connectivity index (χ4v) is 1.17. The maximum absolute atomic E-state index is 10.3. The second-order valence-corrected chi connectivity index (χ2v) is 3.10. The molecule has 0 unspecified atom stereocenters. The molecule has 0 saturated heterocycles. The zero-order chi connectivity index (χ0) is 11.3. The summed E-state index contributed by atoms with van der Waals surface area (Å²) in [6.07, 6.45) is 0.243. The minimum absolute atomic E-state index is 0.00906. The van der Waals surface area contributed by atoms with E-state index >= 15 is 0 Å². The average Bonchev–Trinajstić information content (AvgIpc) is 2.26. The van der Waals surface area contributed by atoms with Crippen LogP contribution in [-0.2, 0) is 4.79 Å². The Kier molecular flexibility index (Phi) is 3.85. The van der Waals surface area contributed by atoms with Crippen molar-refractivity contribution in [3.8, 4) is 5.75 Å². The van der Waals surface area contributed by atoms with Crippen molar-refractivity contribution in [2.45, 2.75) is 12.8 Å². The van der Waals surface area contributed by atoms with E-state index < -0.39 is 5.97 Å². The van der Waals surface area contributed by atoms with Crippen LogP contribution in [0.3, 0.4) is 0 Å². The van der Waals surface area contributed by atoms with Crippen molar-refractivity contribution in [3.05, 3.63) is 29.8 Å². The Morgan fingerprint density at radius 2 is 1.93 bits per heavy atom. The second kappa shape index (κ2) is 5.14. The lowest BCUT2D eigenvalue weighted by Crippen LogP contribution is -2.03. The van der Waals surface area contributed by atoms with E-state index in [0.29, 0.717) is 5.71 Å². The summed E-state index contributed by atoms with van der Waals surface area (Å²) in [5, 5.41) is 16.1. The molecule has 15 heavy (non-hydrogen) atoms. The van der Waals surface area contributed by atoms with E-state index in [9.17, 15) is 4.79 Å². The summed E-state index contributed by atoms with van der Waals surface area (Å²) >= 11 is 0. The van der Waals surface area contributed by atoms with Gasteiger partial charge in [0.25, 0.3) is 0 Å². The van der Waals surface area contributed by atoms with Crippen LogP contribution in [-0.4, -0.2) is 23.9 Å². The average molecular weight is 207 g/mol. The minimum atomic E-state index is -0.881. The van der Waals surface area contributed by atoms with Gasteiger partial charge in [-0.3, -0.25) is 4.79 Å². The van der Waals surface area contributed by atoms with Crippen molar-refractivity contribution in [1.29, 1.82) is 5.41 Å². The van der Waals surface area contributed by atoms with Crippen molar-refractivity contribution in [1.82, 2.24) is 0 Å². The molecule has 1 aromatic carbocycles. The van der Waals surface area contributed by atoms with E-state index in [1.165, 1.54) is 0 Å². The number of carboxylic acids is 1. The maximum atomic E-state index is 10.3. The minimum Gasteiger partial charge on any atom is -0.497 e. The van der Waals surface area contributed by atoms with Gasteiger partial charge in [-0.2, -0.15) is 0 Å². The molecule has 0 atom stereocenters. The SMILES string of the molecule is COc1ccc(C(=N)CCC(=O)O)cc1. The first-order valence-electron chi connectivity index (χ1n) is 4.57. The molecular weight excluding hydrogens is 194 g/mol. The molecule has 0 spiro atoms. The summed E-state index contributed by atoms with van der Waals surface area (Å²) in [6, 6.07) is 7.02. The van der Waals surface area contributed by atoms with Crippen molar-refractivity contribution < 1.29 is 14.6 Å². The monoisotopic (exact) mass is 207 g/mol. The third kappa shape index (κ3) is 3.42. The molecule has 0 fully saturated rings. The lowest BCUT2D eigenvalue weighted by Gasteiger charge is -2.04. The normalized spacial score (nSPS) is 9.67. The molecule has 0 aromatic heterocycles. The number of hydrogen-bond donors (Lipinski definition) is 2. The fraction of sp³-hybridized carbons (Fsp3) is 0.273. The van der Waals surface area contributed by atoms with E-state index in [1.54, 1.807) is 31.4 Å². The van der Waals surface area contributed by atoms with Crippen molar-refractivity contribution in [2.75, 3.05) is 7.11 Å². The molecule has 4 nitrogen and oxygen atoms in total. The zero-order valence-corrected chi connectivity index (χ0v) is 8.49. The molecule has 0 saturated carbocycles. The van der Waals surface area contributed by atoms with Gasteiger partial charge in [0.15, 0.2) is 0 Å². The highest BCUT2D eigenvalue weighted by Crippen LogP contribution is 2.13. The topological polar surface area (TPSA) is 70.4 Å². The highest BCUT2D eigenvalue weighted by atomic mass is 16.5. The summed E-state index contributed by atoms with van der Waals surface area (Å²) in [5.74, 6) is -0.155. The van der Waals surface area contributed by atoms with Gasteiger partial charge in [0.1, 0.15) is 5.75 Å². The predicted molar refractivity (Wildman–Crippen MR) is 56.7 cm³/mol. The fourth-order valence-electron chi connectivity index (χ4n) is 1.17. The van der Waals surface area contributed by atoms with Crippen molar-refractivity contribution in [2.24, 2.45) is 0 Å². The molecule has 1 rings (SSSR count). The van der Waals surface area contributed by atoms with Gasteiger partial charge < -0.3 is 15.3 Å². The van der Waals surface area contributed by atoms with Gasteiger partial charge in [0.05, 0.1) is 13.5 Å². The zero-order valence-electron chi connectivity index (χ0n) is 8.49. The number of methoxy groups -OCH3 is 1. The Balaban J connectivity index is 2.62. The first kappa shape index (κ1) is 11.2. The van der Waals surface area contributed by atoms with E-state index in [0.717, 1.165) is 11.3 Å². The molecule has 0 aliphatic heterocycles. The van der Waals surface area contributed by atoms with Crippen LogP contribution >= 0.6 is 0 Å². The first-order chi connectivity index (χ1) is 7.13. The molecule has 0 heterocycles. The van der Waals surface area contributed by atoms with Crippen LogP contribution in [0.5, 0.6) is 5.75 Å². The van der Waals surface area contributed by atoms with Gasteiger partial charge in [-0.05, 0) is 36.2 Å². The molecule has 0 amide bonds. The third-order valence-corrected chi connectivity index (χ3v) is 2.03. The van der Waals surface area contributed by atoms with Crippen molar-refractivity contribution in [3.63, 3.8) is 0 Å². The van der Waals surface area contributed by atoms with Gasteiger partial charge in [-0.15, -0.1) is 0 Å². The van der Waals surface area contributed by atoms with Crippen LogP contribution in [0, 0.1) is 5.41 Å². The van der Waals surface area contributed by atoms with Crippen LogP contribution < -0.4 is 4.74 Å². The van der Waals surface area contributed by atoms with Gasteiger partial charge in [0.2, 0.25) is 0 Å². The largest absolute Gasteiger partial charge is 0.497 e. The Morgan fingerprint density at radius 1 is 1.33 bits per heavy atom. The van der Waals surface area contributed by atoms with Crippen LogP contribution in [0.4, 0.5) is 0 Å². The highest BCUT2D eigenvalue weighted by Gasteiger charge is 2.04. The number of aliphatic carboxylic acids is 1. The molecule has 80 valence electrons. The molecule has 2 N–H and O–H groups in total. The summed E-state index contributed by atoms with van der Waals surface area (Å²) in [7, 11) is 1.57. The molecule has 1 aromatic rings. The summed E-state index contributed by atoms with van der Waals surface area (Å²) < 4.78 is 4.98. The van der Waals surface area contributed by atoms with Crippen LogP contribution in [0.25, 0.3) is 0 Å². The molecular formula is C11H13NO3. The van der Waals surface area contributed by atoms with E-state index in [1.807, 2.05) is 0 Å². The summed E-state index contributed by atoms with van der Waals surface area (Å²) in [4.78, 5) is 10.3. The lowest BCUT2D eigenvalue weighted by molar-refractivity contribution is -0.136. The molecule has 4 heteroatoms. The van der Waals surface area contributed by atoms with Crippen molar-refractivity contribution >= 4 is 11.7 Å². The van der Waals surface area contributed by atoms with Gasteiger partial charge >= 0.3 is 5.97 Å². The quantitative estimate of drug-likeness (QED) is 0.725. The van der Waals surface area contributed by atoms with E-state index in [-0.39, 0.29) is 12.8 Å². The molecule has 0 radical (unpaired) electrons. The van der Waals surface area contributed by atoms with Gasteiger partial charge in [-0.25, -0.2) is 0 Å². The Labute approximate surface area is 88.0 Å². The molecule has 0 aliphatic carbocycles. The van der Waals surface area contributed by atoms with Crippen LogP contribution in [0.1, 0.15) is 18.4 Å². The van der Waals surface area contributed by atoms with Gasteiger partial charge in [0, 0.05) is 5.71 Å².